The molecule has 1 aromatic carbocycles. The molecule has 0 radical (unpaired) electrons. The van der Waals surface area contributed by atoms with Crippen molar-refractivity contribution in [3.05, 3.63) is 49.0 Å². The van der Waals surface area contributed by atoms with Crippen LogP contribution in [0.25, 0.3) is 0 Å². The highest BCUT2D eigenvalue weighted by atomic mass is 79.9. The van der Waals surface area contributed by atoms with E-state index in [1.807, 2.05) is 29.6 Å². The van der Waals surface area contributed by atoms with Crippen LogP contribution in [-0.2, 0) is 0 Å². The Labute approximate surface area is 126 Å². The quantitative estimate of drug-likeness (QED) is 0.756. The Morgan fingerprint density at radius 2 is 2.06 bits per heavy atom. The van der Waals surface area contributed by atoms with E-state index in [1.165, 1.54) is 0 Å². The molecule has 0 amide bonds. The van der Waals surface area contributed by atoms with Crippen molar-refractivity contribution in [2.24, 2.45) is 0 Å². The monoisotopic (exact) mass is 388 g/mol. The van der Waals surface area contributed by atoms with Crippen molar-refractivity contribution in [3.8, 4) is 5.75 Å². The molecular weight excluding hydrogens is 380 g/mol. The number of thiophene rings is 1. The highest BCUT2D eigenvalue weighted by molar-refractivity contribution is 9.10. The van der Waals surface area contributed by atoms with Crippen molar-refractivity contribution in [1.82, 2.24) is 0 Å². The van der Waals surface area contributed by atoms with Gasteiger partial charge in [-0.1, -0.05) is 15.9 Å². The second kappa shape index (κ2) is 4.96. The molecule has 18 heavy (non-hydrogen) atoms. The third-order valence-corrected chi connectivity index (χ3v) is 5.22. The number of ether oxygens (including phenoxy) is 1. The van der Waals surface area contributed by atoms with Gasteiger partial charge in [-0.2, -0.15) is 0 Å². The van der Waals surface area contributed by atoms with Crippen molar-refractivity contribution in [2.45, 2.75) is 18.6 Å². The Bertz CT molecular complexity index is 582. The zero-order valence-corrected chi connectivity index (χ0v) is 13.3. The molecule has 1 aliphatic heterocycles. The van der Waals surface area contributed by atoms with Gasteiger partial charge in [0.2, 0.25) is 0 Å². The lowest BCUT2D eigenvalue weighted by Crippen LogP contribution is -2.18. The lowest BCUT2D eigenvalue weighted by Gasteiger charge is -2.29. The Morgan fingerprint density at radius 3 is 2.78 bits per heavy atom. The van der Waals surface area contributed by atoms with Gasteiger partial charge < -0.3 is 9.84 Å². The summed E-state index contributed by atoms with van der Waals surface area (Å²) < 4.78 is 7.98. The number of rotatable bonds is 1. The van der Waals surface area contributed by atoms with Crippen LogP contribution in [0.5, 0.6) is 5.75 Å². The average molecular weight is 390 g/mol. The van der Waals surface area contributed by atoms with Gasteiger partial charge in [-0.15, -0.1) is 11.3 Å². The molecule has 1 N–H and O–H groups in total. The molecule has 2 atom stereocenters. The molecule has 1 aromatic heterocycles. The van der Waals surface area contributed by atoms with Crippen LogP contribution in [0.1, 0.15) is 29.1 Å². The summed E-state index contributed by atoms with van der Waals surface area (Å²) in [5, 5.41) is 12.2. The van der Waals surface area contributed by atoms with Crippen molar-refractivity contribution in [2.75, 3.05) is 0 Å². The maximum atomic E-state index is 10.2. The lowest BCUT2D eigenvalue weighted by molar-refractivity contribution is 0.0673. The van der Waals surface area contributed by atoms with E-state index in [9.17, 15) is 5.11 Å². The second-order valence-corrected chi connectivity index (χ2v) is 6.98. The topological polar surface area (TPSA) is 29.5 Å². The summed E-state index contributed by atoms with van der Waals surface area (Å²) in [6.45, 7) is 0. The maximum Gasteiger partial charge on any atom is 0.136 e. The summed E-state index contributed by atoms with van der Waals surface area (Å²) in [4.78, 5) is 1.13. The highest BCUT2D eigenvalue weighted by Crippen LogP contribution is 2.43. The van der Waals surface area contributed by atoms with Crippen LogP contribution in [0.4, 0.5) is 0 Å². The molecule has 2 nitrogen and oxygen atoms in total. The fraction of sp³-hybridized carbons (Fsp3) is 0.231. The minimum absolute atomic E-state index is 0.0648. The number of halogens is 2. The van der Waals surface area contributed by atoms with Crippen LogP contribution in [0.2, 0.25) is 0 Å². The minimum Gasteiger partial charge on any atom is -0.484 e. The molecule has 0 fully saturated rings. The Morgan fingerprint density at radius 1 is 1.22 bits per heavy atom. The van der Waals surface area contributed by atoms with Gasteiger partial charge in [0.15, 0.2) is 0 Å². The van der Waals surface area contributed by atoms with Gasteiger partial charge in [0.05, 0.1) is 6.10 Å². The fourth-order valence-corrected chi connectivity index (χ4v) is 3.95. The summed E-state index contributed by atoms with van der Waals surface area (Å²) in [6, 6.07) is 7.79. The van der Waals surface area contributed by atoms with Gasteiger partial charge in [0, 0.05) is 31.2 Å². The number of hydrogen-bond donors (Lipinski definition) is 1. The van der Waals surface area contributed by atoms with Crippen molar-refractivity contribution >= 4 is 43.2 Å². The van der Waals surface area contributed by atoms with E-state index in [1.54, 1.807) is 11.3 Å². The van der Waals surface area contributed by atoms with E-state index >= 15 is 0 Å². The van der Waals surface area contributed by atoms with Gasteiger partial charge >= 0.3 is 0 Å². The molecule has 0 saturated carbocycles. The first kappa shape index (κ1) is 12.7. The van der Waals surface area contributed by atoms with E-state index in [2.05, 4.69) is 31.9 Å². The van der Waals surface area contributed by atoms with E-state index < -0.39 is 6.10 Å². The smallest absolute Gasteiger partial charge is 0.136 e. The van der Waals surface area contributed by atoms with Gasteiger partial charge in [-0.3, -0.25) is 0 Å². The standard InChI is InChI=1S/C13H10Br2O2S/c14-7-1-2-11-9(3-7)10(16)5-12(17-11)13-4-8(15)6-18-13/h1-4,6,10,12,16H,5H2/t10-,12?/m1/s1. The van der Waals surface area contributed by atoms with E-state index in [4.69, 9.17) is 4.74 Å². The van der Waals surface area contributed by atoms with Crippen LogP contribution in [0, 0.1) is 0 Å². The average Bonchev–Trinajstić information content (AvgIpc) is 2.77. The number of fused-ring (bicyclic) bond motifs is 1. The van der Waals surface area contributed by atoms with Crippen LogP contribution in [0.15, 0.2) is 38.6 Å². The zero-order valence-electron chi connectivity index (χ0n) is 9.27. The first-order chi connectivity index (χ1) is 8.63. The summed E-state index contributed by atoms with van der Waals surface area (Å²) in [7, 11) is 0. The molecular formula is C13H10Br2O2S. The third-order valence-electron chi connectivity index (χ3n) is 2.94. The van der Waals surface area contributed by atoms with Gasteiger partial charge in [-0.05, 0) is 40.2 Å². The largest absolute Gasteiger partial charge is 0.484 e. The Balaban J connectivity index is 1.94. The predicted molar refractivity (Wildman–Crippen MR) is 79.1 cm³/mol. The summed E-state index contributed by atoms with van der Waals surface area (Å²) in [6.07, 6.45) is 0.0539. The van der Waals surface area contributed by atoms with Crippen LogP contribution < -0.4 is 4.74 Å². The summed E-state index contributed by atoms with van der Waals surface area (Å²) in [5.41, 5.74) is 0.858. The molecule has 2 aromatic rings. The third kappa shape index (κ3) is 2.37. The van der Waals surface area contributed by atoms with Gasteiger partial charge in [-0.25, -0.2) is 0 Å². The highest BCUT2D eigenvalue weighted by Gasteiger charge is 2.28. The number of benzene rings is 1. The zero-order chi connectivity index (χ0) is 12.7. The molecule has 0 aliphatic carbocycles. The number of aliphatic hydroxyl groups excluding tert-OH is 1. The van der Waals surface area contributed by atoms with E-state index in [-0.39, 0.29) is 6.10 Å². The number of hydrogen-bond acceptors (Lipinski definition) is 3. The van der Waals surface area contributed by atoms with E-state index in [0.717, 1.165) is 25.1 Å². The summed E-state index contributed by atoms with van der Waals surface area (Å²) >= 11 is 8.50. The second-order valence-electron chi connectivity index (χ2n) is 4.21. The first-order valence-electron chi connectivity index (χ1n) is 5.51. The summed E-state index contributed by atoms with van der Waals surface area (Å²) in [5.74, 6) is 0.770. The van der Waals surface area contributed by atoms with Gasteiger partial charge in [0.25, 0.3) is 0 Å². The SMILES string of the molecule is O[C@@H]1CC(c2cc(Br)cs2)Oc2ccc(Br)cc21. The first-order valence-corrected chi connectivity index (χ1v) is 7.98. The molecule has 1 unspecified atom stereocenters. The molecule has 3 rings (SSSR count). The molecule has 5 heteroatoms. The molecule has 94 valence electrons. The maximum absolute atomic E-state index is 10.2. The lowest BCUT2D eigenvalue weighted by atomic mass is 9.98. The molecule has 2 heterocycles. The Kier molecular flexibility index (Phi) is 3.49. The predicted octanol–water partition coefficient (Wildman–Crippen LogP) is 4.83. The molecule has 0 bridgehead atoms. The molecule has 1 aliphatic rings. The van der Waals surface area contributed by atoms with Crippen LogP contribution in [0.3, 0.4) is 0 Å². The van der Waals surface area contributed by atoms with Crippen molar-refractivity contribution in [3.63, 3.8) is 0 Å². The molecule has 0 spiro atoms. The van der Waals surface area contributed by atoms with Crippen molar-refractivity contribution in [1.29, 1.82) is 0 Å². The number of aliphatic hydroxyl groups is 1. The minimum atomic E-state index is -0.475. The normalized spacial score (nSPS) is 22.4. The van der Waals surface area contributed by atoms with Crippen molar-refractivity contribution < 1.29 is 9.84 Å². The van der Waals surface area contributed by atoms with Gasteiger partial charge in [0.1, 0.15) is 11.9 Å². The Hall–Kier alpha value is -0.360. The molecule has 0 saturated heterocycles. The van der Waals surface area contributed by atoms with E-state index in [0.29, 0.717) is 6.42 Å². The van der Waals surface area contributed by atoms with Crippen LogP contribution in [-0.4, -0.2) is 5.11 Å². The fourth-order valence-electron chi connectivity index (χ4n) is 2.09. The van der Waals surface area contributed by atoms with Crippen LogP contribution >= 0.6 is 43.2 Å².